The molecule has 0 N–H and O–H groups in total. The van der Waals surface area contributed by atoms with Crippen LogP contribution in [0.25, 0.3) is 0 Å². The lowest BCUT2D eigenvalue weighted by molar-refractivity contribution is -0.167. The predicted octanol–water partition coefficient (Wildman–Crippen LogP) is 21.8. The highest BCUT2D eigenvalue weighted by Crippen LogP contribution is 2.15. The second-order valence-corrected chi connectivity index (χ2v) is 20.5. The summed E-state index contributed by atoms with van der Waals surface area (Å²) in [6.07, 6.45) is 90.2. The number of carbonyl (C=O) groups excluding carboxylic acids is 3. The highest BCUT2D eigenvalue weighted by atomic mass is 16.6. The van der Waals surface area contributed by atoms with Crippen LogP contribution >= 0.6 is 0 Å². The summed E-state index contributed by atoms with van der Waals surface area (Å²) >= 11 is 0. The Labute approximate surface area is 475 Å². The van der Waals surface area contributed by atoms with Crippen molar-refractivity contribution in [1.82, 2.24) is 0 Å². The van der Waals surface area contributed by atoms with Gasteiger partial charge >= 0.3 is 17.9 Å². The van der Waals surface area contributed by atoms with E-state index in [0.29, 0.717) is 19.3 Å². The molecule has 436 valence electrons. The average Bonchev–Trinajstić information content (AvgIpc) is 3.43. The highest BCUT2D eigenvalue weighted by Gasteiger charge is 2.19. The SMILES string of the molecule is CC/C=C\C/C=C\C/C=C\C/C=C\C/C=C\C/C=C\CCCCCCCCCCC(=O)OCC(COC(=O)CCCCCCC/C=C\CCCC)OC(=O)CCCCCCCCCC/C=C\C/C=C\C/C=C\C/C=C\CC. The molecule has 0 spiro atoms. The van der Waals surface area contributed by atoms with Gasteiger partial charge in [0.15, 0.2) is 6.10 Å². The van der Waals surface area contributed by atoms with Gasteiger partial charge in [0.1, 0.15) is 13.2 Å². The molecule has 0 aliphatic rings. The van der Waals surface area contributed by atoms with Crippen molar-refractivity contribution in [2.24, 2.45) is 0 Å². The van der Waals surface area contributed by atoms with Crippen molar-refractivity contribution in [2.45, 2.75) is 284 Å². The molecule has 0 bridgehead atoms. The van der Waals surface area contributed by atoms with Crippen LogP contribution < -0.4 is 0 Å². The second kappa shape index (κ2) is 64.1. The predicted molar refractivity (Wildman–Crippen MR) is 334 cm³/mol. The minimum Gasteiger partial charge on any atom is -0.462 e. The molecule has 0 radical (unpaired) electrons. The summed E-state index contributed by atoms with van der Waals surface area (Å²) in [6.45, 7) is 6.36. The number of rotatable bonds is 56. The third kappa shape index (κ3) is 62.3. The minimum atomic E-state index is -0.795. The van der Waals surface area contributed by atoms with Crippen LogP contribution in [0.1, 0.15) is 278 Å². The quantitative estimate of drug-likeness (QED) is 0.0261. The van der Waals surface area contributed by atoms with Gasteiger partial charge in [0, 0.05) is 19.3 Å². The third-order valence-electron chi connectivity index (χ3n) is 13.1. The highest BCUT2D eigenvalue weighted by molar-refractivity contribution is 5.71. The van der Waals surface area contributed by atoms with Crippen LogP contribution in [0.5, 0.6) is 0 Å². The van der Waals surface area contributed by atoms with Gasteiger partial charge in [-0.2, -0.15) is 0 Å². The largest absolute Gasteiger partial charge is 0.462 e. The Morgan fingerprint density at radius 1 is 0.273 bits per heavy atom. The van der Waals surface area contributed by atoms with Crippen LogP contribution in [0.2, 0.25) is 0 Å². The number of hydrogen-bond donors (Lipinski definition) is 0. The molecule has 0 aliphatic carbocycles. The van der Waals surface area contributed by atoms with Gasteiger partial charge in [-0.25, -0.2) is 0 Å². The van der Waals surface area contributed by atoms with E-state index in [1.165, 1.54) is 89.9 Å². The molecule has 0 aromatic rings. The fraction of sp³-hybridized carbons (Fsp3) is 0.648. The molecule has 0 aliphatic heterocycles. The van der Waals surface area contributed by atoms with Gasteiger partial charge in [-0.1, -0.05) is 264 Å². The maximum atomic E-state index is 12.9. The number of allylic oxidation sites excluding steroid dienone is 22. The summed E-state index contributed by atoms with van der Waals surface area (Å²) in [7, 11) is 0. The van der Waals surface area contributed by atoms with E-state index in [9.17, 15) is 14.4 Å². The molecular formula is C71H116O6. The first-order chi connectivity index (χ1) is 38.0. The zero-order chi connectivity index (χ0) is 55.7. The van der Waals surface area contributed by atoms with Crippen LogP contribution in [0.4, 0.5) is 0 Å². The van der Waals surface area contributed by atoms with E-state index in [1.807, 2.05) is 0 Å². The summed E-state index contributed by atoms with van der Waals surface area (Å²) in [5.74, 6) is -0.916. The molecule has 0 heterocycles. The van der Waals surface area contributed by atoms with Crippen LogP contribution in [-0.2, 0) is 28.6 Å². The monoisotopic (exact) mass is 1060 g/mol. The van der Waals surface area contributed by atoms with Crippen molar-refractivity contribution in [3.63, 3.8) is 0 Å². The van der Waals surface area contributed by atoms with E-state index in [1.54, 1.807) is 0 Å². The molecule has 1 atom stereocenters. The Morgan fingerprint density at radius 3 is 0.805 bits per heavy atom. The van der Waals surface area contributed by atoms with Gasteiger partial charge in [0.05, 0.1) is 0 Å². The Morgan fingerprint density at radius 2 is 0.506 bits per heavy atom. The zero-order valence-corrected chi connectivity index (χ0v) is 49.9. The summed E-state index contributed by atoms with van der Waals surface area (Å²) < 4.78 is 16.9. The first-order valence-electron chi connectivity index (χ1n) is 31.7. The van der Waals surface area contributed by atoms with Gasteiger partial charge in [0.25, 0.3) is 0 Å². The van der Waals surface area contributed by atoms with Gasteiger partial charge in [-0.3, -0.25) is 14.4 Å². The van der Waals surface area contributed by atoms with Crippen molar-refractivity contribution >= 4 is 17.9 Å². The Hall–Kier alpha value is -4.45. The Bertz CT molecular complexity index is 1650. The summed E-state index contributed by atoms with van der Waals surface area (Å²) in [5.41, 5.74) is 0. The van der Waals surface area contributed by atoms with E-state index in [4.69, 9.17) is 14.2 Å². The first kappa shape index (κ1) is 72.5. The van der Waals surface area contributed by atoms with Gasteiger partial charge < -0.3 is 14.2 Å². The van der Waals surface area contributed by atoms with Crippen LogP contribution in [0.15, 0.2) is 134 Å². The molecule has 0 saturated heterocycles. The van der Waals surface area contributed by atoms with Crippen molar-refractivity contribution < 1.29 is 28.6 Å². The van der Waals surface area contributed by atoms with Crippen LogP contribution in [0.3, 0.4) is 0 Å². The number of hydrogen-bond acceptors (Lipinski definition) is 6. The van der Waals surface area contributed by atoms with Crippen molar-refractivity contribution in [2.75, 3.05) is 13.2 Å². The van der Waals surface area contributed by atoms with Crippen LogP contribution in [0, 0.1) is 0 Å². The standard InChI is InChI=1S/C71H116O6/c1-4-7-10-13-16-19-22-24-26-28-30-32-33-34-35-36-37-39-40-42-44-46-49-52-55-58-61-64-70(73)76-67-68(66-75-69(72)63-60-57-54-51-48-21-18-15-12-9-6-3)77-71(74)65-62-59-56-53-50-47-45-43-41-38-31-29-27-25-23-20-17-14-11-8-5-2/h7-8,10-11,15-20,24-27,30-32,34-35,37-39,68H,4-6,9,12-14,21-23,28-29,33,36,40-67H2,1-3H3/b10-7-,11-8-,18-15-,19-16-,20-17-,26-24-,27-25-,32-30-,35-34-,38-31-,39-37-. The van der Waals surface area contributed by atoms with Crippen LogP contribution in [-0.4, -0.2) is 37.2 Å². The first-order valence-corrected chi connectivity index (χ1v) is 31.7. The van der Waals surface area contributed by atoms with E-state index >= 15 is 0 Å². The number of esters is 3. The Balaban J connectivity index is 4.33. The van der Waals surface area contributed by atoms with E-state index in [-0.39, 0.29) is 31.1 Å². The minimum absolute atomic E-state index is 0.0914. The Kier molecular flexibility index (Phi) is 60.4. The maximum Gasteiger partial charge on any atom is 0.306 e. The lowest BCUT2D eigenvalue weighted by Crippen LogP contribution is -2.30. The fourth-order valence-electron chi connectivity index (χ4n) is 8.42. The topological polar surface area (TPSA) is 78.9 Å². The molecule has 0 fully saturated rings. The number of carbonyl (C=O) groups is 3. The van der Waals surface area contributed by atoms with Gasteiger partial charge in [0.2, 0.25) is 0 Å². The van der Waals surface area contributed by atoms with Gasteiger partial charge in [-0.05, 0) is 128 Å². The smallest absolute Gasteiger partial charge is 0.306 e. The van der Waals surface area contributed by atoms with Crippen molar-refractivity contribution in [3.8, 4) is 0 Å². The maximum absolute atomic E-state index is 12.9. The summed E-state index contributed by atoms with van der Waals surface area (Å²) in [5, 5.41) is 0. The van der Waals surface area contributed by atoms with Crippen molar-refractivity contribution in [1.29, 1.82) is 0 Å². The molecule has 1 unspecified atom stereocenters. The zero-order valence-electron chi connectivity index (χ0n) is 49.9. The third-order valence-corrected chi connectivity index (χ3v) is 13.1. The normalized spacial score (nSPS) is 13.0. The summed E-state index contributed by atoms with van der Waals surface area (Å²) in [4.78, 5) is 38.3. The average molecular weight is 1070 g/mol. The lowest BCUT2D eigenvalue weighted by atomic mass is 10.1. The number of unbranched alkanes of at least 4 members (excludes halogenated alkanes) is 23. The second-order valence-electron chi connectivity index (χ2n) is 20.5. The van der Waals surface area contributed by atoms with E-state index in [0.717, 1.165) is 148 Å². The molecule has 6 nitrogen and oxygen atoms in total. The molecular weight excluding hydrogens is 949 g/mol. The van der Waals surface area contributed by atoms with Gasteiger partial charge in [-0.15, -0.1) is 0 Å². The molecule has 0 saturated carbocycles. The molecule has 0 aromatic carbocycles. The number of ether oxygens (including phenoxy) is 3. The molecule has 77 heavy (non-hydrogen) atoms. The van der Waals surface area contributed by atoms with Crippen molar-refractivity contribution in [3.05, 3.63) is 134 Å². The van der Waals surface area contributed by atoms with E-state index < -0.39 is 6.10 Å². The molecule has 0 aromatic heterocycles. The van der Waals surface area contributed by atoms with E-state index in [2.05, 4.69) is 154 Å². The fourth-order valence-corrected chi connectivity index (χ4v) is 8.42. The molecule has 0 amide bonds. The summed E-state index contributed by atoms with van der Waals surface area (Å²) in [6, 6.07) is 0. The lowest BCUT2D eigenvalue weighted by Gasteiger charge is -2.18. The molecule has 6 heteroatoms. The molecule has 0 rings (SSSR count).